The van der Waals surface area contributed by atoms with Crippen molar-refractivity contribution in [1.82, 2.24) is 5.16 Å². The summed E-state index contributed by atoms with van der Waals surface area (Å²) >= 11 is 0. The Morgan fingerprint density at radius 2 is 1.85 bits per heavy atom. The first-order valence-electron chi connectivity index (χ1n) is 10.5. The highest BCUT2D eigenvalue weighted by Gasteiger charge is 2.25. The van der Waals surface area contributed by atoms with E-state index in [1.54, 1.807) is 24.3 Å². The van der Waals surface area contributed by atoms with Crippen LogP contribution in [0.25, 0.3) is 17.2 Å². The fraction of sp³-hybridized carbons (Fsp3) is 0.231. The van der Waals surface area contributed by atoms with Gasteiger partial charge in [0.15, 0.2) is 11.5 Å². The summed E-state index contributed by atoms with van der Waals surface area (Å²) in [6.45, 7) is 1.97. The number of halogens is 1. The lowest BCUT2D eigenvalue weighted by Crippen LogP contribution is -2.03. The molecule has 1 heterocycles. The summed E-state index contributed by atoms with van der Waals surface area (Å²) in [4.78, 5) is 12.5. The molecule has 0 aliphatic heterocycles. The third kappa shape index (κ3) is 4.53. The maximum absolute atomic E-state index is 14.1. The van der Waals surface area contributed by atoms with Crippen molar-refractivity contribution in [3.63, 3.8) is 0 Å². The van der Waals surface area contributed by atoms with Crippen molar-refractivity contribution in [3.05, 3.63) is 76.4 Å². The highest BCUT2D eigenvalue weighted by Crippen LogP contribution is 2.45. The number of benzene rings is 2. The quantitative estimate of drug-likeness (QED) is 0.492. The second-order valence-corrected chi connectivity index (χ2v) is 7.83. The number of aromatic nitrogens is 1. The number of methoxy groups -OCH3 is 2. The molecule has 1 aromatic heterocycles. The molecule has 6 nitrogen and oxygen atoms in total. The Hall–Kier alpha value is -3.87. The molecule has 0 radical (unpaired) electrons. The molecule has 1 aliphatic carbocycles. The van der Waals surface area contributed by atoms with Crippen LogP contribution in [0.4, 0.5) is 4.39 Å². The molecule has 0 bridgehead atoms. The topological polar surface area (TPSA) is 81.8 Å². The average Bonchev–Trinajstić information content (AvgIpc) is 3.39. The molecule has 33 heavy (non-hydrogen) atoms. The molecule has 2 aromatic carbocycles. The average molecular weight is 449 g/mol. The number of phenols is 1. The van der Waals surface area contributed by atoms with Gasteiger partial charge in [0.1, 0.15) is 17.9 Å². The van der Waals surface area contributed by atoms with Crippen LogP contribution in [0.1, 0.15) is 42.1 Å². The standard InChI is InChI=1S/C26H24FNO5/c1-15-20(7-5-19(29)14-18-8-9-33-28-18)23-13-17(27)4-6-21(23)22(15)10-16-11-24(31-2)26(30)25(12-16)32-3/h4,6,8-13,30H,5,7,14H2,1-3H3. The second kappa shape index (κ2) is 9.32. The van der Waals surface area contributed by atoms with Crippen LogP contribution < -0.4 is 9.47 Å². The van der Waals surface area contributed by atoms with Crippen molar-refractivity contribution in [2.24, 2.45) is 0 Å². The van der Waals surface area contributed by atoms with Gasteiger partial charge in [-0.05, 0) is 77.1 Å². The maximum Gasteiger partial charge on any atom is 0.200 e. The predicted molar refractivity (Wildman–Crippen MR) is 123 cm³/mol. The normalized spacial score (nSPS) is 14.0. The highest BCUT2D eigenvalue weighted by atomic mass is 19.1. The predicted octanol–water partition coefficient (Wildman–Crippen LogP) is 5.46. The summed E-state index contributed by atoms with van der Waals surface area (Å²) in [6, 6.07) is 9.77. The van der Waals surface area contributed by atoms with Crippen molar-refractivity contribution in [2.75, 3.05) is 14.2 Å². The molecule has 3 aromatic rings. The Morgan fingerprint density at radius 3 is 2.48 bits per heavy atom. The van der Waals surface area contributed by atoms with Gasteiger partial charge < -0.3 is 19.1 Å². The van der Waals surface area contributed by atoms with E-state index in [1.165, 1.54) is 32.6 Å². The number of Topliss-reactive ketones (excluding diaryl/α,β-unsaturated/α-hetero) is 1. The lowest BCUT2D eigenvalue weighted by atomic mass is 9.98. The van der Waals surface area contributed by atoms with E-state index in [0.717, 1.165) is 33.4 Å². The summed E-state index contributed by atoms with van der Waals surface area (Å²) in [5, 5.41) is 14.0. The molecule has 0 saturated carbocycles. The molecule has 7 heteroatoms. The van der Waals surface area contributed by atoms with Crippen molar-refractivity contribution in [3.8, 4) is 17.2 Å². The summed E-state index contributed by atoms with van der Waals surface area (Å²) in [5.41, 5.74) is 5.84. The Bertz CT molecular complexity index is 1230. The molecule has 0 atom stereocenters. The summed E-state index contributed by atoms with van der Waals surface area (Å²) in [6.07, 6.45) is 4.38. The Balaban J connectivity index is 1.69. The van der Waals surface area contributed by atoms with Crippen molar-refractivity contribution in [1.29, 1.82) is 0 Å². The minimum Gasteiger partial charge on any atom is -0.502 e. The number of carbonyl (C=O) groups is 1. The van der Waals surface area contributed by atoms with Gasteiger partial charge in [-0.15, -0.1) is 0 Å². The number of allylic oxidation sites excluding steroid dienone is 3. The first-order chi connectivity index (χ1) is 15.9. The van der Waals surface area contributed by atoms with Crippen molar-refractivity contribution >= 4 is 23.0 Å². The largest absolute Gasteiger partial charge is 0.502 e. The number of phenolic OH excluding ortho intramolecular Hbond substituents is 1. The van der Waals surface area contributed by atoms with E-state index in [0.29, 0.717) is 30.0 Å². The van der Waals surface area contributed by atoms with Crippen LogP contribution in [-0.4, -0.2) is 30.3 Å². The van der Waals surface area contributed by atoms with Gasteiger partial charge in [-0.3, -0.25) is 4.79 Å². The van der Waals surface area contributed by atoms with Gasteiger partial charge in [-0.2, -0.15) is 0 Å². The van der Waals surface area contributed by atoms with Crippen molar-refractivity contribution in [2.45, 2.75) is 26.2 Å². The third-order valence-corrected chi connectivity index (χ3v) is 5.79. The SMILES string of the molecule is COc1cc(C=C2C(C)=C(CCC(=O)Cc3ccon3)c3cc(F)ccc32)cc(OC)c1O. The highest BCUT2D eigenvalue weighted by molar-refractivity contribution is 6.05. The molecule has 0 fully saturated rings. The molecule has 0 saturated heterocycles. The first kappa shape index (κ1) is 22.3. The maximum atomic E-state index is 14.1. The number of carbonyl (C=O) groups excluding carboxylic acids is 1. The van der Waals surface area contributed by atoms with Crippen LogP contribution in [0.15, 0.2) is 52.8 Å². The molecule has 0 unspecified atom stereocenters. The van der Waals surface area contributed by atoms with Gasteiger partial charge >= 0.3 is 0 Å². The molecule has 1 N–H and O–H groups in total. The smallest absolute Gasteiger partial charge is 0.200 e. The van der Waals surface area contributed by atoms with E-state index in [4.69, 9.17) is 14.0 Å². The zero-order valence-electron chi connectivity index (χ0n) is 18.6. The van der Waals surface area contributed by atoms with E-state index in [2.05, 4.69) is 5.16 Å². The Labute approximate surface area is 190 Å². The number of rotatable bonds is 8. The fourth-order valence-corrected chi connectivity index (χ4v) is 4.12. The second-order valence-electron chi connectivity index (χ2n) is 7.83. The Kier molecular flexibility index (Phi) is 6.31. The molecular formula is C26H24FNO5. The number of fused-ring (bicyclic) bond motifs is 1. The van der Waals surface area contributed by atoms with Crippen LogP contribution in [0, 0.1) is 5.82 Å². The van der Waals surface area contributed by atoms with Gasteiger partial charge in [0.2, 0.25) is 5.75 Å². The lowest BCUT2D eigenvalue weighted by molar-refractivity contribution is -0.118. The first-order valence-corrected chi connectivity index (χ1v) is 10.5. The van der Waals surface area contributed by atoms with E-state index in [9.17, 15) is 14.3 Å². The van der Waals surface area contributed by atoms with Crippen LogP contribution in [0.5, 0.6) is 17.2 Å². The van der Waals surface area contributed by atoms with Crippen LogP contribution in [0.3, 0.4) is 0 Å². The number of aromatic hydroxyl groups is 1. The minimum absolute atomic E-state index is 0.0348. The van der Waals surface area contributed by atoms with Gasteiger partial charge in [0.25, 0.3) is 0 Å². The van der Waals surface area contributed by atoms with Crippen molar-refractivity contribution < 1.29 is 28.3 Å². The van der Waals surface area contributed by atoms with E-state index < -0.39 is 0 Å². The van der Waals surface area contributed by atoms with E-state index in [1.807, 2.05) is 13.0 Å². The Morgan fingerprint density at radius 1 is 1.12 bits per heavy atom. The number of ether oxygens (including phenoxy) is 2. The third-order valence-electron chi connectivity index (χ3n) is 5.79. The molecule has 0 spiro atoms. The van der Waals surface area contributed by atoms with Crippen LogP contribution in [0.2, 0.25) is 0 Å². The molecule has 1 aliphatic rings. The zero-order valence-corrected chi connectivity index (χ0v) is 18.6. The molecule has 4 rings (SSSR count). The summed E-state index contributed by atoms with van der Waals surface area (Å²) in [7, 11) is 2.94. The van der Waals surface area contributed by atoms with Crippen LogP contribution in [-0.2, 0) is 11.2 Å². The zero-order chi connectivity index (χ0) is 23.5. The van der Waals surface area contributed by atoms with Gasteiger partial charge in [0.05, 0.1) is 26.3 Å². The minimum atomic E-state index is -0.331. The number of hydrogen-bond donors (Lipinski definition) is 1. The summed E-state index contributed by atoms with van der Waals surface area (Å²) in [5.74, 6) is 0.210. The number of hydrogen-bond acceptors (Lipinski definition) is 6. The molecular weight excluding hydrogens is 425 g/mol. The lowest BCUT2D eigenvalue weighted by Gasteiger charge is -2.11. The number of nitrogens with zero attached hydrogens (tertiary/aromatic N) is 1. The number of ketones is 1. The fourth-order valence-electron chi connectivity index (χ4n) is 4.12. The van der Waals surface area contributed by atoms with Gasteiger partial charge in [-0.25, -0.2) is 4.39 Å². The van der Waals surface area contributed by atoms with Crippen LogP contribution >= 0.6 is 0 Å². The summed E-state index contributed by atoms with van der Waals surface area (Å²) < 4.78 is 29.4. The van der Waals surface area contributed by atoms with Gasteiger partial charge in [-0.1, -0.05) is 11.2 Å². The molecule has 170 valence electrons. The van der Waals surface area contributed by atoms with Gasteiger partial charge in [0, 0.05) is 12.5 Å². The molecule has 0 amide bonds. The van der Waals surface area contributed by atoms with E-state index >= 15 is 0 Å². The van der Waals surface area contributed by atoms with E-state index in [-0.39, 0.29) is 23.8 Å². The monoisotopic (exact) mass is 449 g/mol.